The quantitative estimate of drug-likeness (QED) is 0.781. The van der Waals surface area contributed by atoms with Gasteiger partial charge in [0.1, 0.15) is 11.4 Å². The Morgan fingerprint density at radius 1 is 1.06 bits per heavy atom. The van der Waals surface area contributed by atoms with Crippen molar-refractivity contribution >= 4 is 23.2 Å². The maximum absolute atomic E-state index is 6.22. The summed E-state index contributed by atoms with van der Waals surface area (Å²) in [6.45, 7) is 2.04. The average Bonchev–Trinajstić information content (AvgIpc) is 2.35. The summed E-state index contributed by atoms with van der Waals surface area (Å²) < 4.78 is 6.22. The summed E-state index contributed by atoms with van der Waals surface area (Å²) in [5.41, 5.74) is 1.05. The van der Waals surface area contributed by atoms with Crippen LogP contribution in [0.5, 0.6) is 5.75 Å². The number of halogens is 2. The standard InChI is InChI=1S/C13H15Cl2NO/c14-10-1-2-11(15)12-9(10)3-4-13(17-12)5-7-16-8-6-13/h1-2,16H,3-8H2. The van der Waals surface area contributed by atoms with E-state index in [0.29, 0.717) is 5.02 Å². The number of benzene rings is 1. The number of piperidine rings is 1. The van der Waals surface area contributed by atoms with Gasteiger partial charge < -0.3 is 10.1 Å². The van der Waals surface area contributed by atoms with Crippen molar-refractivity contribution in [3.8, 4) is 5.75 Å². The maximum atomic E-state index is 6.22. The van der Waals surface area contributed by atoms with Crippen LogP contribution in [-0.4, -0.2) is 18.7 Å². The van der Waals surface area contributed by atoms with Gasteiger partial charge >= 0.3 is 0 Å². The zero-order chi connectivity index (χ0) is 11.9. The van der Waals surface area contributed by atoms with Crippen molar-refractivity contribution in [1.82, 2.24) is 5.32 Å². The molecule has 0 aliphatic carbocycles. The van der Waals surface area contributed by atoms with Gasteiger partial charge in [-0.25, -0.2) is 0 Å². The molecule has 1 aromatic carbocycles. The first-order valence-corrected chi connectivity index (χ1v) is 6.82. The lowest BCUT2D eigenvalue weighted by molar-refractivity contribution is 0.0171. The molecule has 1 saturated heterocycles. The van der Waals surface area contributed by atoms with E-state index in [2.05, 4.69) is 5.32 Å². The Kier molecular flexibility index (Phi) is 2.97. The molecule has 92 valence electrons. The van der Waals surface area contributed by atoms with Crippen molar-refractivity contribution in [3.05, 3.63) is 27.7 Å². The predicted octanol–water partition coefficient (Wildman–Crippen LogP) is 3.44. The summed E-state index contributed by atoms with van der Waals surface area (Å²) in [6.07, 6.45) is 4.11. The van der Waals surface area contributed by atoms with Crippen molar-refractivity contribution in [2.75, 3.05) is 13.1 Å². The van der Waals surface area contributed by atoms with E-state index in [1.54, 1.807) is 0 Å². The van der Waals surface area contributed by atoms with Gasteiger partial charge in [-0.1, -0.05) is 23.2 Å². The highest BCUT2D eigenvalue weighted by atomic mass is 35.5. The van der Waals surface area contributed by atoms with E-state index >= 15 is 0 Å². The Morgan fingerprint density at radius 3 is 2.53 bits per heavy atom. The molecule has 0 radical (unpaired) electrons. The van der Waals surface area contributed by atoms with Gasteiger partial charge in [-0.15, -0.1) is 0 Å². The second kappa shape index (κ2) is 4.34. The lowest BCUT2D eigenvalue weighted by atomic mass is 9.84. The van der Waals surface area contributed by atoms with E-state index in [0.717, 1.165) is 55.1 Å². The fraction of sp³-hybridized carbons (Fsp3) is 0.538. The van der Waals surface area contributed by atoms with Crippen LogP contribution in [0, 0.1) is 0 Å². The Labute approximate surface area is 111 Å². The zero-order valence-electron chi connectivity index (χ0n) is 9.56. The topological polar surface area (TPSA) is 21.3 Å². The van der Waals surface area contributed by atoms with Crippen LogP contribution >= 0.6 is 23.2 Å². The zero-order valence-corrected chi connectivity index (χ0v) is 11.1. The van der Waals surface area contributed by atoms with Gasteiger partial charge in [0.25, 0.3) is 0 Å². The lowest BCUT2D eigenvalue weighted by Gasteiger charge is -2.42. The molecule has 1 aromatic rings. The second-order valence-corrected chi connectivity index (χ2v) is 5.69. The van der Waals surface area contributed by atoms with Crippen molar-refractivity contribution < 1.29 is 4.74 Å². The average molecular weight is 272 g/mol. The number of fused-ring (bicyclic) bond motifs is 1. The molecule has 0 amide bonds. The van der Waals surface area contributed by atoms with E-state index in [9.17, 15) is 0 Å². The smallest absolute Gasteiger partial charge is 0.143 e. The van der Waals surface area contributed by atoms with Gasteiger partial charge in [0.2, 0.25) is 0 Å². The SMILES string of the molecule is Clc1ccc(Cl)c2c1CCC1(CCNCC1)O2. The number of hydrogen-bond donors (Lipinski definition) is 1. The van der Waals surface area contributed by atoms with E-state index in [4.69, 9.17) is 27.9 Å². The molecule has 0 bridgehead atoms. The van der Waals surface area contributed by atoms with E-state index in [1.165, 1.54) is 0 Å². The molecule has 2 aliphatic heterocycles. The first kappa shape index (κ1) is 11.6. The third-order valence-corrected chi connectivity index (χ3v) is 4.47. The molecule has 0 saturated carbocycles. The van der Waals surface area contributed by atoms with Gasteiger partial charge in [-0.05, 0) is 50.9 Å². The van der Waals surface area contributed by atoms with Crippen LogP contribution in [0.1, 0.15) is 24.8 Å². The lowest BCUT2D eigenvalue weighted by Crippen LogP contribution is -2.48. The Morgan fingerprint density at radius 2 is 1.76 bits per heavy atom. The van der Waals surface area contributed by atoms with Gasteiger partial charge in [-0.2, -0.15) is 0 Å². The van der Waals surface area contributed by atoms with E-state index < -0.39 is 0 Å². The Balaban J connectivity index is 1.96. The van der Waals surface area contributed by atoms with Crippen molar-refractivity contribution in [2.24, 2.45) is 0 Å². The molecule has 4 heteroatoms. The fourth-order valence-corrected chi connectivity index (χ4v) is 3.23. The molecular formula is C13H15Cl2NO. The van der Waals surface area contributed by atoms with Crippen LogP contribution in [0.2, 0.25) is 10.0 Å². The van der Waals surface area contributed by atoms with Gasteiger partial charge in [-0.3, -0.25) is 0 Å². The molecule has 2 nitrogen and oxygen atoms in total. The summed E-state index contributed by atoms with van der Waals surface area (Å²) in [7, 11) is 0. The third kappa shape index (κ3) is 2.03. The van der Waals surface area contributed by atoms with Crippen LogP contribution in [-0.2, 0) is 6.42 Å². The van der Waals surface area contributed by atoms with Crippen LogP contribution in [0.3, 0.4) is 0 Å². The van der Waals surface area contributed by atoms with Crippen molar-refractivity contribution in [2.45, 2.75) is 31.3 Å². The number of ether oxygens (including phenoxy) is 1. The van der Waals surface area contributed by atoms with Crippen LogP contribution in [0.25, 0.3) is 0 Å². The maximum Gasteiger partial charge on any atom is 0.143 e. The summed E-state index contributed by atoms with van der Waals surface area (Å²) in [6, 6.07) is 3.68. The number of hydrogen-bond acceptors (Lipinski definition) is 2. The monoisotopic (exact) mass is 271 g/mol. The van der Waals surface area contributed by atoms with E-state index in [1.807, 2.05) is 12.1 Å². The molecule has 0 aromatic heterocycles. The summed E-state index contributed by atoms with van der Waals surface area (Å²) in [4.78, 5) is 0. The highest BCUT2D eigenvalue weighted by molar-refractivity contribution is 6.34. The Hall–Kier alpha value is -0.440. The van der Waals surface area contributed by atoms with Crippen LogP contribution in [0.4, 0.5) is 0 Å². The van der Waals surface area contributed by atoms with Gasteiger partial charge in [0.15, 0.2) is 0 Å². The molecule has 1 fully saturated rings. The molecule has 3 rings (SSSR count). The minimum Gasteiger partial charge on any atom is -0.485 e. The molecule has 0 unspecified atom stereocenters. The molecule has 2 aliphatic rings. The highest BCUT2D eigenvalue weighted by Gasteiger charge is 2.38. The highest BCUT2D eigenvalue weighted by Crippen LogP contribution is 2.44. The molecule has 1 spiro atoms. The number of nitrogens with one attached hydrogen (secondary N) is 1. The second-order valence-electron chi connectivity index (χ2n) is 4.87. The van der Waals surface area contributed by atoms with Crippen molar-refractivity contribution in [3.63, 3.8) is 0 Å². The van der Waals surface area contributed by atoms with Gasteiger partial charge in [0, 0.05) is 10.6 Å². The van der Waals surface area contributed by atoms with Crippen molar-refractivity contribution in [1.29, 1.82) is 0 Å². The normalized spacial score (nSPS) is 22.0. The summed E-state index contributed by atoms with van der Waals surface area (Å²) in [5, 5.41) is 4.82. The molecular weight excluding hydrogens is 257 g/mol. The van der Waals surface area contributed by atoms with Crippen LogP contribution < -0.4 is 10.1 Å². The first-order valence-electron chi connectivity index (χ1n) is 6.07. The first-order chi connectivity index (χ1) is 8.20. The molecule has 2 heterocycles. The van der Waals surface area contributed by atoms with Gasteiger partial charge in [0.05, 0.1) is 5.02 Å². The number of rotatable bonds is 0. The molecule has 1 N–H and O–H groups in total. The molecule has 0 atom stereocenters. The third-order valence-electron chi connectivity index (χ3n) is 3.82. The van der Waals surface area contributed by atoms with E-state index in [-0.39, 0.29) is 5.60 Å². The predicted molar refractivity (Wildman–Crippen MR) is 70.2 cm³/mol. The largest absolute Gasteiger partial charge is 0.485 e. The Bertz CT molecular complexity index is 441. The van der Waals surface area contributed by atoms with Crippen LogP contribution in [0.15, 0.2) is 12.1 Å². The minimum atomic E-state index is -0.0213. The summed E-state index contributed by atoms with van der Waals surface area (Å²) in [5.74, 6) is 0.812. The summed E-state index contributed by atoms with van der Waals surface area (Å²) >= 11 is 12.4. The minimum absolute atomic E-state index is 0.0213. The molecule has 17 heavy (non-hydrogen) atoms. The fourth-order valence-electron chi connectivity index (χ4n) is 2.77.